The zero-order valence-electron chi connectivity index (χ0n) is 22.0. The van der Waals surface area contributed by atoms with Crippen molar-refractivity contribution in [1.29, 1.82) is 0 Å². The number of fused-ring (bicyclic) bond motifs is 5. The van der Waals surface area contributed by atoms with Crippen LogP contribution in [0.3, 0.4) is 0 Å². The molecular weight excluding hydrogens is 480 g/mol. The van der Waals surface area contributed by atoms with Crippen molar-refractivity contribution >= 4 is 11.0 Å². The highest BCUT2D eigenvalue weighted by atomic mass is 16.2. The van der Waals surface area contributed by atoms with Gasteiger partial charge in [-0.1, -0.05) is 37.8 Å². The summed E-state index contributed by atoms with van der Waals surface area (Å²) in [6, 6.07) is 9.32. The minimum Gasteiger partial charge on any atom is -0.300 e. The summed E-state index contributed by atoms with van der Waals surface area (Å²) < 4.78 is 2.84. The summed E-state index contributed by atoms with van der Waals surface area (Å²) >= 11 is 0. The molecule has 2 saturated heterocycles. The Bertz CT molecular complexity index is 1530. The number of nitrogens with zero attached hydrogens (tertiary/aromatic N) is 5. The third-order valence-corrected chi connectivity index (χ3v) is 9.87. The van der Waals surface area contributed by atoms with Crippen molar-refractivity contribution in [3.05, 3.63) is 61.2 Å². The Morgan fingerprint density at radius 2 is 1.50 bits per heavy atom. The third kappa shape index (κ3) is 3.97. The van der Waals surface area contributed by atoms with Crippen molar-refractivity contribution < 1.29 is 0 Å². The molecule has 6 atom stereocenters. The number of rotatable bonds is 3. The average molecular weight is 517 g/mol. The maximum absolute atomic E-state index is 14.1. The fourth-order valence-corrected chi connectivity index (χ4v) is 8.40. The lowest BCUT2D eigenvalue weighted by Gasteiger charge is -2.55. The average Bonchev–Trinajstić information content (AvgIpc) is 2.89. The number of aryl methyl sites for hydroxylation is 1. The van der Waals surface area contributed by atoms with Crippen molar-refractivity contribution in [3.63, 3.8) is 0 Å². The van der Waals surface area contributed by atoms with Crippen LogP contribution in [0.15, 0.2) is 38.6 Å². The van der Waals surface area contributed by atoms with Gasteiger partial charge in [0.05, 0.1) is 11.0 Å². The number of aromatic nitrogens is 5. The number of para-hydroxylation sites is 2. The normalized spacial score (nSPS) is 31.4. The molecule has 200 valence electrons. The van der Waals surface area contributed by atoms with Crippen LogP contribution >= 0.6 is 0 Å². The van der Waals surface area contributed by atoms with Crippen LogP contribution in [0.2, 0.25) is 0 Å². The molecule has 4 fully saturated rings. The Labute approximate surface area is 220 Å². The van der Waals surface area contributed by atoms with E-state index >= 15 is 0 Å². The smallest absolute Gasteiger partial charge is 0.300 e. The number of piperidine rings is 2. The Balaban J connectivity index is 1.29. The maximum Gasteiger partial charge on any atom is 0.351 e. The van der Waals surface area contributed by atoms with Crippen molar-refractivity contribution in [1.82, 2.24) is 29.2 Å². The van der Waals surface area contributed by atoms with Crippen LogP contribution in [-0.4, -0.2) is 47.3 Å². The second-order valence-corrected chi connectivity index (χ2v) is 12.2. The molecule has 9 heteroatoms. The Hall–Kier alpha value is -3.07. The maximum atomic E-state index is 14.1. The predicted octanol–water partition coefficient (Wildman–Crippen LogP) is 3.47. The van der Waals surface area contributed by atoms with Gasteiger partial charge in [-0.15, -0.1) is 0 Å². The fraction of sp³-hybridized carbons (Fsp3) is 0.621. The first-order chi connectivity index (χ1) is 18.5. The molecule has 9 nitrogen and oxygen atoms in total. The molecule has 1 N–H and O–H groups in total. The standard InChI is InChI=1S/C29H36N6O3/c1-17-27(36)31-29(38)35(32-17)26-28(37)34(25-11-3-2-10-24(25)30-26)23-15-20-8-5-9-21(16-23)33(20)22-13-18-6-4-7-19(12-18)14-22/h2-3,10-11,18-23H,4-9,12-16H2,1H3,(H,31,36,38)/t18-,19+,20-,21+,22?,23?. The second-order valence-electron chi connectivity index (χ2n) is 12.2. The highest BCUT2D eigenvalue weighted by Crippen LogP contribution is 2.47. The summed E-state index contributed by atoms with van der Waals surface area (Å²) in [5, 5.41) is 4.13. The van der Waals surface area contributed by atoms with E-state index in [0.29, 0.717) is 23.6 Å². The number of hydrogen-bond donors (Lipinski definition) is 1. The molecule has 3 aromatic rings. The zero-order valence-corrected chi connectivity index (χ0v) is 22.0. The first-order valence-corrected chi connectivity index (χ1v) is 14.5. The molecule has 2 aliphatic carbocycles. The monoisotopic (exact) mass is 516 g/mol. The number of benzene rings is 1. The van der Waals surface area contributed by atoms with Crippen molar-refractivity contribution in [3.8, 4) is 5.82 Å². The van der Waals surface area contributed by atoms with Crippen LogP contribution in [0.5, 0.6) is 0 Å². The van der Waals surface area contributed by atoms with Crippen LogP contribution < -0.4 is 16.8 Å². The van der Waals surface area contributed by atoms with E-state index in [9.17, 15) is 14.4 Å². The molecule has 0 amide bonds. The van der Waals surface area contributed by atoms with E-state index in [-0.39, 0.29) is 23.1 Å². The number of hydrogen-bond acceptors (Lipinski definition) is 6. The summed E-state index contributed by atoms with van der Waals surface area (Å²) in [6.07, 6.45) is 13.8. The molecule has 7 rings (SSSR count). The molecule has 38 heavy (non-hydrogen) atoms. The van der Waals surface area contributed by atoms with E-state index in [4.69, 9.17) is 0 Å². The van der Waals surface area contributed by atoms with Crippen LogP contribution in [0, 0.1) is 18.8 Å². The van der Waals surface area contributed by atoms with Gasteiger partial charge in [0.15, 0.2) is 0 Å². The van der Waals surface area contributed by atoms with Gasteiger partial charge in [-0.2, -0.15) is 9.78 Å². The van der Waals surface area contributed by atoms with Gasteiger partial charge in [-0.25, -0.2) is 9.78 Å². The molecule has 0 radical (unpaired) electrons. The summed E-state index contributed by atoms with van der Waals surface area (Å²) in [6.45, 7) is 1.52. The Morgan fingerprint density at radius 3 is 2.24 bits per heavy atom. The van der Waals surface area contributed by atoms with Gasteiger partial charge in [0.2, 0.25) is 5.82 Å². The van der Waals surface area contributed by atoms with Gasteiger partial charge in [0.25, 0.3) is 11.1 Å². The van der Waals surface area contributed by atoms with Crippen molar-refractivity contribution in [2.45, 2.75) is 102 Å². The van der Waals surface area contributed by atoms with Gasteiger partial charge in [0, 0.05) is 24.2 Å². The van der Waals surface area contributed by atoms with E-state index in [0.717, 1.165) is 34.9 Å². The molecule has 1 aromatic carbocycles. The second kappa shape index (κ2) is 9.29. The minimum atomic E-state index is -0.749. The van der Waals surface area contributed by atoms with Gasteiger partial charge >= 0.3 is 5.69 Å². The van der Waals surface area contributed by atoms with E-state index in [1.54, 1.807) is 0 Å². The minimum absolute atomic E-state index is 0.0309. The van der Waals surface area contributed by atoms with Gasteiger partial charge in [-0.05, 0) is 75.8 Å². The van der Waals surface area contributed by atoms with Crippen LogP contribution in [0.4, 0.5) is 0 Å². The molecule has 4 heterocycles. The molecule has 4 bridgehead atoms. The van der Waals surface area contributed by atoms with E-state index in [2.05, 4.69) is 20.0 Å². The summed E-state index contributed by atoms with van der Waals surface area (Å²) in [7, 11) is 0. The van der Waals surface area contributed by atoms with E-state index < -0.39 is 11.2 Å². The molecule has 2 unspecified atom stereocenters. The van der Waals surface area contributed by atoms with E-state index in [1.165, 1.54) is 64.7 Å². The first kappa shape index (κ1) is 24.0. The third-order valence-electron chi connectivity index (χ3n) is 9.87. The number of H-pyrrole nitrogens is 1. The fourth-order valence-electron chi connectivity index (χ4n) is 8.40. The summed E-state index contributed by atoms with van der Waals surface area (Å²) in [5.74, 6) is 1.74. The Kier molecular flexibility index (Phi) is 5.87. The molecule has 2 aliphatic heterocycles. The molecule has 0 spiro atoms. The topological polar surface area (TPSA) is 106 Å². The van der Waals surface area contributed by atoms with Gasteiger partial charge < -0.3 is 4.57 Å². The number of nitrogens with one attached hydrogen (secondary N) is 1. The highest BCUT2D eigenvalue weighted by Gasteiger charge is 2.45. The molecule has 2 saturated carbocycles. The van der Waals surface area contributed by atoms with Crippen LogP contribution in [-0.2, 0) is 0 Å². The lowest BCUT2D eigenvalue weighted by molar-refractivity contribution is -0.0485. The van der Waals surface area contributed by atoms with Gasteiger partial charge in [-0.3, -0.25) is 19.5 Å². The molecule has 4 aliphatic rings. The molecule has 2 aromatic heterocycles. The lowest BCUT2D eigenvalue weighted by atomic mass is 9.68. The van der Waals surface area contributed by atoms with Crippen molar-refractivity contribution in [2.24, 2.45) is 11.8 Å². The largest absolute Gasteiger partial charge is 0.351 e. The van der Waals surface area contributed by atoms with E-state index in [1.807, 2.05) is 28.8 Å². The first-order valence-electron chi connectivity index (χ1n) is 14.5. The lowest BCUT2D eigenvalue weighted by Crippen LogP contribution is -2.58. The number of aromatic amines is 1. The highest BCUT2D eigenvalue weighted by molar-refractivity contribution is 5.75. The molecular formula is C29H36N6O3. The zero-order chi connectivity index (χ0) is 26.0. The van der Waals surface area contributed by atoms with Crippen LogP contribution in [0.25, 0.3) is 16.9 Å². The van der Waals surface area contributed by atoms with Gasteiger partial charge in [0.1, 0.15) is 5.69 Å². The SMILES string of the molecule is Cc1nn(-c2nc3ccccc3n(C3C[C@H]4CCC[C@@H](C3)N4C3C[C@H]4CCC[C@@H](C3)C4)c2=O)c(=O)[nH]c1=O. The quantitative estimate of drug-likeness (QED) is 0.572. The summed E-state index contributed by atoms with van der Waals surface area (Å²) in [5.41, 5.74) is -0.0773. The van der Waals surface area contributed by atoms with Crippen LogP contribution in [0.1, 0.15) is 82.4 Å². The Morgan fingerprint density at radius 1 is 0.816 bits per heavy atom. The van der Waals surface area contributed by atoms with Crippen molar-refractivity contribution in [2.75, 3.05) is 0 Å². The summed E-state index contributed by atoms with van der Waals surface area (Å²) in [4.78, 5) is 48.4. The predicted molar refractivity (Wildman–Crippen MR) is 145 cm³/mol.